The van der Waals surface area contributed by atoms with Crippen molar-refractivity contribution < 1.29 is 9.90 Å². The maximum atomic E-state index is 12.7. The summed E-state index contributed by atoms with van der Waals surface area (Å²) in [6, 6.07) is 25.4. The molecule has 0 amide bonds. The van der Waals surface area contributed by atoms with Gasteiger partial charge in [-0.1, -0.05) is 72.8 Å². The van der Waals surface area contributed by atoms with E-state index >= 15 is 0 Å². The molecule has 0 spiro atoms. The predicted octanol–water partition coefficient (Wildman–Crippen LogP) is 5.72. The molecule has 0 fully saturated rings. The van der Waals surface area contributed by atoms with Crippen LogP contribution in [0.3, 0.4) is 0 Å². The molecule has 0 aliphatic heterocycles. The normalized spacial score (nSPS) is 11.5. The monoisotopic (exact) mass is 336 g/mol. The summed E-state index contributed by atoms with van der Waals surface area (Å²) < 4.78 is 0. The first-order chi connectivity index (χ1) is 12.7. The highest BCUT2D eigenvalue weighted by molar-refractivity contribution is 6.25. The molecule has 5 aromatic carbocycles. The standard InChI is InChI=1S/C24H16O2/c25-20(15-5-2-1-3-6-15)13-19-12-11-17-10-9-16-7-4-8-18-14-21(26)23(19)24(17)22(16)18/h1-12,14,26H,13H2. The Balaban J connectivity index is 1.77. The summed E-state index contributed by atoms with van der Waals surface area (Å²) in [7, 11) is 0. The van der Waals surface area contributed by atoms with Gasteiger partial charge in [0.05, 0.1) is 0 Å². The number of Topliss-reactive ketones (excluding diaryl/α,β-unsaturated/α-hetero) is 1. The lowest BCUT2D eigenvalue weighted by Crippen LogP contribution is -2.04. The molecule has 0 unspecified atom stereocenters. The number of benzene rings is 5. The number of ketones is 1. The van der Waals surface area contributed by atoms with Crippen molar-refractivity contribution >= 4 is 38.1 Å². The minimum absolute atomic E-state index is 0.0556. The van der Waals surface area contributed by atoms with Crippen LogP contribution in [0.1, 0.15) is 15.9 Å². The van der Waals surface area contributed by atoms with Gasteiger partial charge in [0, 0.05) is 22.8 Å². The fraction of sp³-hybridized carbons (Fsp3) is 0.0417. The van der Waals surface area contributed by atoms with E-state index in [0.717, 1.165) is 37.9 Å². The van der Waals surface area contributed by atoms with E-state index in [1.165, 1.54) is 0 Å². The zero-order valence-electron chi connectivity index (χ0n) is 14.1. The van der Waals surface area contributed by atoms with Crippen LogP contribution in [0, 0.1) is 0 Å². The fourth-order valence-electron chi connectivity index (χ4n) is 3.94. The summed E-state index contributed by atoms with van der Waals surface area (Å²) >= 11 is 0. The lowest BCUT2D eigenvalue weighted by Gasteiger charge is -2.15. The highest BCUT2D eigenvalue weighted by Gasteiger charge is 2.16. The molecule has 0 aromatic heterocycles. The number of hydrogen-bond acceptors (Lipinski definition) is 2. The Kier molecular flexibility index (Phi) is 3.19. The summed E-state index contributed by atoms with van der Waals surface area (Å²) in [5.74, 6) is 0.290. The molecule has 0 bridgehead atoms. The van der Waals surface area contributed by atoms with Gasteiger partial charge in [0.1, 0.15) is 5.75 Å². The highest BCUT2D eigenvalue weighted by atomic mass is 16.3. The fourth-order valence-corrected chi connectivity index (χ4v) is 3.94. The number of aromatic hydroxyl groups is 1. The molecule has 0 saturated heterocycles. The van der Waals surface area contributed by atoms with Gasteiger partial charge < -0.3 is 5.11 Å². The van der Waals surface area contributed by atoms with Crippen LogP contribution in [-0.2, 0) is 6.42 Å². The Morgan fingerprint density at radius 3 is 2.19 bits per heavy atom. The molecule has 26 heavy (non-hydrogen) atoms. The largest absolute Gasteiger partial charge is 0.507 e. The Morgan fingerprint density at radius 1 is 0.692 bits per heavy atom. The molecule has 0 aliphatic rings. The van der Waals surface area contributed by atoms with Gasteiger partial charge >= 0.3 is 0 Å². The van der Waals surface area contributed by atoms with Crippen LogP contribution in [0.15, 0.2) is 78.9 Å². The van der Waals surface area contributed by atoms with Crippen molar-refractivity contribution in [3.8, 4) is 5.75 Å². The van der Waals surface area contributed by atoms with Gasteiger partial charge in [-0.2, -0.15) is 0 Å². The van der Waals surface area contributed by atoms with E-state index in [9.17, 15) is 9.90 Å². The van der Waals surface area contributed by atoms with Crippen LogP contribution in [0.25, 0.3) is 32.3 Å². The van der Waals surface area contributed by atoms with E-state index in [1.807, 2.05) is 54.6 Å². The molecule has 1 N–H and O–H groups in total. The van der Waals surface area contributed by atoms with Crippen LogP contribution in [0.5, 0.6) is 5.75 Å². The smallest absolute Gasteiger partial charge is 0.167 e. The summed E-state index contributed by atoms with van der Waals surface area (Å²) in [4.78, 5) is 12.7. The van der Waals surface area contributed by atoms with Gasteiger partial charge in [-0.05, 0) is 33.2 Å². The second kappa shape index (κ2) is 5.57. The van der Waals surface area contributed by atoms with Crippen molar-refractivity contribution in [3.63, 3.8) is 0 Å². The summed E-state index contributed by atoms with van der Waals surface area (Å²) in [6.45, 7) is 0. The van der Waals surface area contributed by atoms with Gasteiger partial charge in [0.2, 0.25) is 0 Å². The molecule has 2 heteroatoms. The zero-order chi connectivity index (χ0) is 17.7. The second-order valence-corrected chi connectivity index (χ2v) is 6.70. The van der Waals surface area contributed by atoms with E-state index in [-0.39, 0.29) is 18.0 Å². The zero-order valence-corrected chi connectivity index (χ0v) is 14.1. The Hall–Kier alpha value is -3.39. The van der Waals surface area contributed by atoms with E-state index in [0.29, 0.717) is 5.56 Å². The number of phenols is 1. The van der Waals surface area contributed by atoms with Gasteiger partial charge in [-0.3, -0.25) is 4.79 Å². The SMILES string of the molecule is O=C(Cc1ccc2ccc3cccc4cc(O)c1c2c34)c1ccccc1. The minimum atomic E-state index is 0.0556. The number of hydrogen-bond donors (Lipinski definition) is 1. The lowest BCUT2D eigenvalue weighted by molar-refractivity contribution is 0.0993. The van der Waals surface area contributed by atoms with Crippen molar-refractivity contribution in [2.24, 2.45) is 0 Å². The van der Waals surface area contributed by atoms with Crippen molar-refractivity contribution in [1.82, 2.24) is 0 Å². The molecule has 0 radical (unpaired) electrons. The van der Waals surface area contributed by atoms with Crippen molar-refractivity contribution in [1.29, 1.82) is 0 Å². The molecule has 2 nitrogen and oxygen atoms in total. The van der Waals surface area contributed by atoms with E-state index in [1.54, 1.807) is 6.07 Å². The molecule has 0 heterocycles. The average Bonchev–Trinajstić information content (AvgIpc) is 2.68. The third-order valence-corrected chi connectivity index (χ3v) is 5.14. The summed E-state index contributed by atoms with van der Waals surface area (Å²) in [5, 5.41) is 17.0. The third kappa shape index (κ3) is 2.16. The van der Waals surface area contributed by atoms with Crippen molar-refractivity contribution in [2.75, 3.05) is 0 Å². The second-order valence-electron chi connectivity index (χ2n) is 6.70. The summed E-state index contributed by atoms with van der Waals surface area (Å²) in [5.41, 5.74) is 1.56. The minimum Gasteiger partial charge on any atom is -0.507 e. The Labute approximate surface area is 150 Å². The van der Waals surface area contributed by atoms with Gasteiger partial charge in [0.15, 0.2) is 5.78 Å². The molecular weight excluding hydrogens is 320 g/mol. The first kappa shape index (κ1) is 14.9. The first-order valence-electron chi connectivity index (χ1n) is 8.69. The number of carbonyl (C=O) groups is 1. The van der Waals surface area contributed by atoms with Crippen LogP contribution >= 0.6 is 0 Å². The molecule has 5 rings (SSSR count). The molecule has 5 aromatic rings. The van der Waals surface area contributed by atoms with E-state index in [4.69, 9.17) is 0 Å². The van der Waals surface area contributed by atoms with Crippen LogP contribution in [0.2, 0.25) is 0 Å². The Morgan fingerprint density at radius 2 is 1.38 bits per heavy atom. The Bertz CT molecular complexity index is 1270. The van der Waals surface area contributed by atoms with Crippen LogP contribution in [0.4, 0.5) is 0 Å². The number of phenolic OH excluding ortho intramolecular Hbond substituents is 1. The topological polar surface area (TPSA) is 37.3 Å². The molecule has 124 valence electrons. The van der Waals surface area contributed by atoms with Gasteiger partial charge in [0.25, 0.3) is 0 Å². The molecular formula is C24H16O2. The maximum Gasteiger partial charge on any atom is 0.167 e. The number of carbonyl (C=O) groups excluding carboxylic acids is 1. The van der Waals surface area contributed by atoms with Gasteiger partial charge in [-0.25, -0.2) is 0 Å². The van der Waals surface area contributed by atoms with Gasteiger partial charge in [-0.15, -0.1) is 0 Å². The molecule has 0 aliphatic carbocycles. The molecule has 0 saturated carbocycles. The van der Waals surface area contributed by atoms with E-state index < -0.39 is 0 Å². The highest BCUT2D eigenvalue weighted by Crippen LogP contribution is 2.41. The summed E-state index contributed by atoms with van der Waals surface area (Å²) in [6.07, 6.45) is 0.270. The first-order valence-corrected chi connectivity index (χ1v) is 8.69. The van der Waals surface area contributed by atoms with Crippen LogP contribution < -0.4 is 0 Å². The quantitative estimate of drug-likeness (QED) is 0.338. The average molecular weight is 336 g/mol. The number of rotatable bonds is 3. The van der Waals surface area contributed by atoms with Crippen molar-refractivity contribution in [3.05, 3.63) is 90.0 Å². The van der Waals surface area contributed by atoms with Crippen molar-refractivity contribution in [2.45, 2.75) is 6.42 Å². The predicted molar refractivity (Wildman–Crippen MR) is 106 cm³/mol. The molecule has 0 atom stereocenters. The van der Waals surface area contributed by atoms with Crippen LogP contribution in [-0.4, -0.2) is 10.9 Å². The lowest BCUT2D eigenvalue weighted by atomic mass is 9.89. The van der Waals surface area contributed by atoms with E-state index in [2.05, 4.69) is 18.2 Å². The third-order valence-electron chi connectivity index (χ3n) is 5.14. The maximum absolute atomic E-state index is 12.7.